The summed E-state index contributed by atoms with van der Waals surface area (Å²) in [4.78, 5) is 11.4. The van der Waals surface area contributed by atoms with Crippen molar-refractivity contribution in [2.24, 2.45) is 0 Å². The van der Waals surface area contributed by atoms with Crippen molar-refractivity contribution >= 4 is 15.9 Å². The largest absolute Gasteiger partial charge is 0.355 e. The number of carbonyl (C=O) groups excluding carboxylic acids is 1. The molecule has 1 unspecified atom stereocenters. The molecular weight excluding hydrogens is 254 g/mol. The summed E-state index contributed by atoms with van der Waals surface area (Å²) in [6.07, 6.45) is 3.78. The summed E-state index contributed by atoms with van der Waals surface area (Å²) in [5.74, 6) is -0.0898. The van der Waals surface area contributed by atoms with Crippen molar-refractivity contribution in [2.45, 2.75) is 31.7 Å². The number of amides is 1. The Bertz CT molecular complexity index is 390. The first-order valence-electron chi connectivity index (χ1n) is 6.56. The highest BCUT2D eigenvalue weighted by Gasteiger charge is 2.29. The molecule has 104 valence electrons. The summed E-state index contributed by atoms with van der Waals surface area (Å²) < 4.78 is 25.8. The Morgan fingerprint density at radius 2 is 2.06 bits per heavy atom. The second kappa shape index (κ2) is 5.99. The second-order valence-electron chi connectivity index (χ2n) is 4.96. The molecule has 6 nitrogen and oxygen atoms in total. The standard InChI is InChI=1S/C11H21N3O3S/c15-11-8-14(7-3-6-13-11)18(16,17)9-10-4-1-2-5-12-10/h10,12H,1-9H2,(H,13,15). The first-order chi connectivity index (χ1) is 8.58. The first-order valence-corrected chi connectivity index (χ1v) is 8.17. The molecule has 2 rings (SSSR count). The van der Waals surface area contributed by atoms with Crippen molar-refractivity contribution in [3.63, 3.8) is 0 Å². The molecule has 7 heteroatoms. The minimum Gasteiger partial charge on any atom is -0.355 e. The molecule has 0 saturated carbocycles. The van der Waals surface area contributed by atoms with Gasteiger partial charge in [0.15, 0.2) is 0 Å². The monoisotopic (exact) mass is 275 g/mol. The number of nitrogens with one attached hydrogen (secondary N) is 2. The molecule has 2 fully saturated rings. The minimum atomic E-state index is -3.33. The van der Waals surface area contributed by atoms with Gasteiger partial charge in [-0.25, -0.2) is 8.42 Å². The Kier molecular flexibility index (Phi) is 4.58. The lowest BCUT2D eigenvalue weighted by atomic mass is 10.1. The molecule has 1 amide bonds. The average molecular weight is 275 g/mol. The van der Waals surface area contributed by atoms with Gasteiger partial charge in [-0.15, -0.1) is 0 Å². The first kappa shape index (κ1) is 13.8. The predicted octanol–water partition coefficient (Wildman–Crippen LogP) is -0.720. The average Bonchev–Trinajstić information content (AvgIpc) is 2.55. The van der Waals surface area contributed by atoms with E-state index in [4.69, 9.17) is 0 Å². The van der Waals surface area contributed by atoms with Gasteiger partial charge < -0.3 is 10.6 Å². The van der Waals surface area contributed by atoms with Crippen LogP contribution in [0.25, 0.3) is 0 Å². The van der Waals surface area contributed by atoms with Crippen LogP contribution in [0.3, 0.4) is 0 Å². The molecule has 0 aromatic heterocycles. The molecule has 0 spiro atoms. The summed E-state index contributed by atoms with van der Waals surface area (Å²) in [7, 11) is -3.33. The highest BCUT2D eigenvalue weighted by Crippen LogP contribution is 2.13. The topological polar surface area (TPSA) is 78.5 Å². The molecule has 0 aromatic carbocycles. The van der Waals surface area contributed by atoms with Gasteiger partial charge in [0.05, 0.1) is 12.3 Å². The van der Waals surface area contributed by atoms with Gasteiger partial charge in [-0.3, -0.25) is 4.79 Å². The van der Waals surface area contributed by atoms with Crippen molar-refractivity contribution < 1.29 is 13.2 Å². The van der Waals surface area contributed by atoms with Crippen LogP contribution in [0.1, 0.15) is 25.7 Å². The van der Waals surface area contributed by atoms with Gasteiger partial charge in [0.2, 0.25) is 15.9 Å². The predicted molar refractivity (Wildman–Crippen MR) is 68.6 cm³/mol. The van der Waals surface area contributed by atoms with E-state index in [9.17, 15) is 13.2 Å². The van der Waals surface area contributed by atoms with Gasteiger partial charge in [0.25, 0.3) is 0 Å². The van der Waals surface area contributed by atoms with Crippen LogP contribution in [0.15, 0.2) is 0 Å². The van der Waals surface area contributed by atoms with Crippen LogP contribution in [0.4, 0.5) is 0 Å². The fourth-order valence-corrected chi connectivity index (χ4v) is 4.17. The van der Waals surface area contributed by atoms with E-state index in [2.05, 4.69) is 10.6 Å². The summed E-state index contributed by atoms with van der Waals surface area (Å²) in [5, 5.41) is 5.92. The van der Waals surface area contributed by atoms with E-state index in [1.807, 2.05) is 0 Å². The second-order valence-corrected chi connectivity index (χ2v) is 6.98. The Balaban J connectivity index is 1.97. The minimum absolute atomic E-state index is 0.0327. The number of piperidine rings is 1. The van der Waals surface area contributed by atoms with Gasteiger partial charge in [0, 0.05) is 19.1 Å². The maximum absolute atomic E-state index is 12.3. The Labute approximate surface area is 108 Å². The number of hydrogen-bond acceptors (Lipinski definition) is 4. The zero-order valence-electron chi connectivity index (χ0n) is 10.5. The summed E-state index contributed by atoms with van der Waals surface area (Å²) in [6, 6.07) is 0.0371. The molecule has 2 aliphatic heterocycles. The molecule has 2 saturated heterocycles. The van der Waals surface area contributed by atoms with E-state index < -0.39 is 10.0 Å². The molecule has 0 aromatic rings. The van der Waals surface area contributed by atoms with Crippen LogP contribution in [0.5, 0.6) is 0 Å². The van der Waals surface area contributed by atoms with E-state index in [0.29, 0.717) is 19.5 Å². The van der Waals surface area contributed by atoms with Crippen LogP contribution in [0.2, 0.25) is 0 Å². The van der Waals surface area contributed by atoms with E-state index in [0.717, 1.165) is 25.8 Å². The fourth-order valence-electron chi connectivity index (χ4n) is 2.44. The van der Waals surface area contributed by atoms with E-state index in [1.54, 1.807) is 0 Å². The third kappa shape index (κ3) is 3.66. The van der Waals surface area contributed by atoms with Gasteiger partial charge >= 0.3 is 0 Å². The van der Waals surface area contributed by atoms with Crippen molar-refractivity contribution in [1.29, 1.82) is 0 Å². The Morgan fingerprint density at radius 3 is 2.78 bits per heavy atom. The highest BCUT2D eigenvalue weighted by atomic mass is 32.2. The van der Waals surface area contributed by atoms with Gasteiger partial charge in [-0.2, -0.15) is 4.31 Å². The quantitative estimate of drug-likeness (QED) is 0.712. The van der Waals surface area contributed by atoms with E-state index >= 15 is 0 Å². The number of hydrogen-bond donors (Lipinski definition) is 2. The summed E-state index contributed by atoms with van der Waals surface area (Å²) in [5.41, 5.74) is 0. The SMILES string of the molecule is O=C1CN(S(=O)(=O)CC2CCCCN2)CCCN1. The summed E-state index contributed by atoms with van der Waals surface area (Å²) >= 11 is 0. The molecule has 2 N–H and O–H groups in total. The Hall–Kier alpha value is -0.660. The lowest BCUT2D eigenvalue weighted by molar-refractivity contribution is -0.120. The maximum atomic E-state index is 12.3. The number of nitrogens with zero attached hydrogens (tertiary/aromatic N) is 1. The van der Waals surface area contributed by atoms with Crippen molar-refractivity contribution in [2.75, 3.05) is 31.9 Å². The van der Waals surface area contributed by atoms with Gasteiger partial charge in [-0.05, 0) is 25.8 Å². The smallest absolute Gasteiger partial charge is 0.235 e. The molecule has 0 aliphatic carbocycles. The highest BCUT2D eigenvalue weighted by molar-refractivity contribution is 7.89. The Morgan fingerprint density at radius 1 is 1.22 bits per heavy atom. The van der Waals surface area contributed by atoms with Gasteiger partial charge in [0.1, 0.15) is 0 Å². The molecular formula is C11H21N3O3S. The number of rotatable bonds is 3. The molecule has 0 bridgehead atoms. The lowest BCUT2D eigenvalue weighted by Crippen LogP contribution is -2.45. The summed E-state index contributed by atoms with van der Waals surface area (Å²) in [6.45, 7) is 1.86. The van der Waals surface area contributed by atoms with Gasteiger partial charge in [-0.1, -0.05) is 6.42 Å². The molecule has 2 heterocycles. The molecule has 18 heavy (non-hydrogen) atoms. The van der Waals surface area contributed by atoms with Crippen LogP contribution >= 0.6 is 0 Å². The normalized spacial score (nSPS) is 27.6. The van der Waals surface area contributed by atoms with Crippen LogP contribution in [-0.4, -0.2) is 56.6 Å². The number of sulfonamides is 1. The number of carbonyl (C=O) groups is 1. The van der Waals surface area contributed by atoms with Crippen LogP contribution in [0, 0.1) is 0 Å². The zero-order chi connectivity index (χ0) is 13.0. The molecule has 1 atom stereocenters. The van der Waals surface area contributed by atoms with Crippen molar-refractivity contribution in [3.05, 3.63) is 0 Å². The third-order valence-corrected chi connectivity index (χ3v) is 5.37. The van der Waals surface area contributed by atoms with Crippen molar-refractivity contribution in [3.8, 4) is 0 Å². The zero-order valence-corrected chi connectivity index (χ0v) is 11.3. The fraction of sp³-hybridized carbons (Fsp3) is 0.909. The molecule has 0 radical (unpaired) electrons. The lowest BCUT2D eigenvalue weighted by Gasteiger charge is -2.26. The third-order valence-electron chi connectivity index (χ3n) is 3.44. The molecule has 2 aliphatic rings. The van der Waals surface area contributed by atoms with Crippen LogP contribution < -0.4 is 10.6 Å². The maximum Gasteiger partial charge on any atom is 0.235 e. The van der Waals surface area contributed by atoms with Crippen molar-refractivity contribution in [1.82, 2.24) is 14.9 Å². The van der Waals surface area contributed by atoms with E-state index in [1.165, 1.54) is 4.31 Å². The van der Waals surface area contributed by atoms with E-state index in [-0.39, 0.29) is 24.2 Å². The van der Waals surface area contributed by atoms with Crippen LogP contribution in [-0.2, 0) is 14.8 Å².